The van der Waals surface area contributed by atoms with Crippen LogP contribution in [0, 0.1) is 20.8 Å². The molecule has 2 aromatic heterocycles. The van der Waals surface area contributed by atoms with E-state index in [9.17, 15) is 4.79 Å². The van der Waals surface area contributed by atoms with Crippen LogP contribution in [0.3, 0.4) is 0 Å². The van der Waals surface area contributed by atoms with Gasteiger partial charge in [-0.15, -0.1) is 0 Å². The lowest BCUT2D eigenvalue weighted by Gasteiger charge is -2.17. The van der Waals surface area contributed by atoms with Gasteiger partial charge in [0.05, 0.1) is 11.3 Å². The fourth-order valence-corrected chi connectivity index (χ4v) is 2.07. The van der Waals surface area contributed by atoms with Gasteiger partial charge in [0, 0.05) is 25.1 Å². The zero-order valence-corrected chi connectivity index (χ0v) is 11.5. The maximum atomic E-state index is 12.5. The van der Waals surface area contributed by atoms with Crippen LogP contribution in [0.15, 0.2) is 24.5 Å². The highest BCUT2D eigenvalue weighted by molar-refractivity contribution is 6.06. The number of hydrogen-bond donors (Lipinski definition) is 0. The Morgan fingerprint density at radius 1 is 1.16 bits per heavy atom. The molecular weight excluding hydrogens is 240 g/mol. The maximum Gasteiger partial charge on any atom is 0.262 e. The normalized spacial score (nSPS) is 10.3. The molecule has 0 unspecified atom stereocenters. The van der Waals surface area contributed by atoms with Crippen LogP contribution in [0.1, 0.15) is 27.3 Å². The van der Waals surface area contributed by atoms with Crippen LogP contribution in [0.25, 0.3) is 0 Å². The summed E-state index contributed by atoms with van der Waals surface area (Å²) >= 11 is 0. The summed E-state index contributed by atoms with van der Waals surface area (Å²) in [6.45, 7) is 5.67. The van der Waals surface area contributed by atoms with Crippen LogP contribution in [-0.4, -0.2) is 27.9 Å². The number of pyridine rings is 1. The summed E-state index contributed by atoms with van der Waals surface area (Å²) in [5.74, 6) is 0.237. The average molecular weight is 256 g/mol. The van der Waals surface area contributed by atoms with E-state index >= 15 is 0 Å². The molecule has 0 aromatic carbocycles. The van der Waals surface area contributed by atoms with Crippen molar-refractivity contribution in [3.8, 4) is 0 Å². The van der Waals surface area contributed by atoms with Crippen LogP contribution in [0.4, 0.5) is 5.95 Å². The first-order chi connectivity index (χ1) is 9.00. The molecule has 0 bridgehead atoms. The molecule has 0 atom stereocenters. The Kier molecular flexibility index (Phi) is 3.55. The Labute approximate surface area is 112 Å². The minimum atomic E-state index is -0.145. The number of rotatable bonds is 2. The highest BCUT2D eigenvalue weighted by Crippen LogP contribution is 2.17. The summed E-state index contributed by atoms with van der Waals surface area (Å²) in [4.78, 5) is 26.4. The first-order valence-electron chi connectivity index (χ1n) is 6.00. The van der Waals surface area contributed by atoms with Crippen molar-refractivity contribution in [2.75, 3.05) is 11.9 Å². The molecule has 2 rings (SSSR count). The van der Waals surface area contributed by atoms with E-state index in [-0.39, 0.29) is 5.91 Å². The predicted octanol–water partition coefficient (Wildman–Crippen LogP) is 2.07. The first kappa shape index (κ1) is 13.1. The second-order valence-corrected chi connectivity index (χ2v) is 4.45. The van der Waals surface area contributed by atoms with Gasteiger partial charge in [0.25, 0.3) is 5.91 Å². The van der Waals surface area contributed by atoms with Crippen molar-refractivity contribution in [2.24, 2.45) is 0 Å². The highest BCUT2D eigenvalue weighted by Gasteiger charge is 2.20. The number of amides is 1. The number of carbonyl (C=O) groups is 1. The van der Waals surface area contributed by atoms with Gasteiger partial charge in [0.2, 0.25) is 5.95 Å². The molecule has 0 saturated heterocycles. The molecule has 5 heteroatoms. The fourth-order valence-electron chi connectivity index (χ4n) is 2.07. The highest BCUT2D eigenvalue weighted by atomic mass is 16.2. The standard InChI is InChI=1S/C14H16N4O/c1-9-8-10(2)17-11(3)12(9)13(19)18(4)14-15-6-5-7-16-14/h5-8H,1-4H3. The van der Waals surface area contributed by atoms with E-state index in [1.165, 1.54) is 4.90 Å². The zero-order chi connectivity index (χ0) is 14.0. The predicted molar refractivity (Wildman–Crippen MR) is 73.2 cm³/mol. The van der Waals surface area contributed by atoms with E-state index in [1.807, 2.05) is 26.8 Å². The maximum absolute atomic E-state index is 12.5. The quantitative estimate of drug-likeness (QED) is 0.825. The molecule has 1 amide bonds. The Bertz CT molecular complexity index is 587. The molecule has 0 aliphatic heterocycles. The van der Waals surface area contributed by atoms with Crippen molar-refractivity contribution < 1.29 is 4.79 Å². The summed E-state index contributed by atoms with van der Waals surface area (Å²) < 4.78 is 0. The monoisotopic (exact) mass is 256 g/mol. The van der Waals surface area contributed by atoms with Crippen LogP contribution in [-0.2, 0) is 0 Å². The first-order valence-corrected chi connectivity index (χ1v) is 6.00. The van der Waals surface area contributed by atoms with Gasteiger partial charge in [-0.3, -0.25) is 14.7 Å². The Balaban J connectivity index is 2.40. The zero-order valence-electron chi connectivity index (χ0n) is 11.5. The van der Waals surface area contributed by atoms with Crippen LogP contribution < -0.4 is 4.90 Å². The minimum Gasteiger partial charge on any atom is -0.280 e. The molecule has 0 aliphatic carbocycles. The molecule has 0 N–H and O–H groups in total. The van der Waals surface area contributed by atoms with Gasteiger partial charge in [-0.2, -0.15) is 0 Å². The Morgan fingerprint density at radius 2 is 1.79 bits per heavy atom. The van der Waals surface area contributed by atoms with Gasteiger partial charge < -0.3 is 0 Å². The summed E-state index contributed by atoms with van der Waals surface area (Å²) in [5.41, 5.74) is 3.16. The van der Waals surface area contributed by atoms with Gasteiger partial charge >= 0.3 is 0 Å². The summed E-state index contributed by atoms with van der Waals surface area (Å²) in [6.07, 6.45) is 3.22. The van der Waals surface area contributed by atoms with Crippen molar-refractivity contribution in [3.05, 3.63) is 47.0 Å². The summed E-state index contributed by atoms with van der Waals surface area (Å²) in [5, 5.41) is 0. The molecule has 0 spiro atoms. The van der Waals surface area contributed by atoms with E-state index in [4.69, 9.17) is 0 Å². The lowest BCUT2D eigenvalue weighted by molar-refractivity contribution is 0.0990. The topological polar surface area (TPSA) is 59.0 Å². The third kappa shape index (κ3) is 2.59. The molecule has 2 aromatic rings. The van der Waals surface area contributed by atoms with E-state index in [2.05, 4.69) is 15.0 Å². The van der Waals surface area contributed by atoms with Crippen molar-refractivity contribution in [1.29, 1.82) is 0 Å². The van der Waals surface area contributed by atoms with Crippen molar-refractivity contribution >= 4 is 11.9 Å². The van der Waals surface area contributed by atoms with E-state index < -0.39 is 0 Å². The number of carbonyl (C=O) groups excluding carboxylic acids is 1. The largest absolute Gasteiger partial charge is 0.280 e. The third-order valence-corrected chi connectivity index (χ3v) is 2.90. The van der Waals surface area contributed by atoms with Crippen molar-refractivity contribution in [3.63, 3.8) is 0 Å². The average Bonchev–Trinajstić information content (AvgIpc) is 2.37. The molecule has 19 heavy (non-hydrogen) atoms. The number of hydrogen-bond acceptors (Lipinski definition) is 4. The number of anilines is 1. The lowest BCUT2D eigenvalue weighted by atomic mass is 10.1. The second kappa shape index (κ2) is 5.14. The number of aromatic nitrogens is 3. The smallest absolute Gasteiger partial charge is 0.262 e. The Morgan fingerprint density at radius 3 is 2.37 bits per heavy atom. The van der Waals surface area contributed by atoms with Gasteiger partial charge in [-0.25, -0.2) is 9.97 Å². The lowest BCUT2D eigenvalue weighted by Crippen LogP contribution is -2.29. The summed E-state index contributed by atoms with van der Waals surface area (Å²) in [6, 6.07) is 3.62. The van der Waals surface area contributed by atoms with Crippen molar-refractivity contribution in [1.82, 2.24) is 15.0 Å². The summed E-state index contributed by atoms with van der Waals surface area (Å²) in [7, 11) is 1.66. The molecule has 0 aliphatic rings. The van der Waals surface area contributed by atoms with Crippen LogP contribution in [0.2, 0.25) is 0 Å². The SMILES string of the molecule is Cc1cc(C)c(C(=O)N(C)c2ncccn2)c(C)n1. The molecule has 2 heterocycles. The van der Waals surface area contributed by atoms with Gasteiger partial charge in [0.15, 0.2) is 0 Å². The molecule has 5 nitrogen and oxygen atoms in total. The number of nitrogens with zero attached hydrogens (tertiary/aromatic N) is 4. The van der Waals surface area contributed by atoms with E-state index in [0.29, 0.717) is 11.5 Å². The molecule has 0 saturated carbocycles. The fraction of sp³-hybridized carbons (Fsp3) is 0.286. The van der Waals surface area contributed by atoms with Crippen molar-refractivity contribution in [2.45, 2.75) is 20.8 Å². The second-order valence-electron chi connectivity index (χ2n) is 4.45. The van der Waals surface area contributed by atoms with Gasteiger partial charge in [-0.1, -0.05) is 0 Å². The number of aryl methyl sites for hydroxylation is 3. The van der Waals surface area contributed by atoms with E-state index in [0.717, 1.165) is 17.0 Å². The minimum absolute atomic E-state index is 0.145. The van der Waals surface area contributed by atoms with Crippen LogP contribution in [0.5, 0.6) is 0 Å². The van der Waals surface area contributed by atoms with Gasteiger partial charge in [-0.05, 0) is 38.5 Å². The molecule has 98 valence electrons. The molecule has 0 radical (unpaired) electrons. The van der Waals surface area contributed by atoms with Crippen LogP contribution >= 0.6 is 0 Å². The molecular formula is C14H16N4O. The third-order valence-electron chi connectivity index (χ3n) is 2.90. The van der Waals surface area contributed by atoms with Gasteiger partial charge in [0.1, 0.15) is 0 Å². The Hall–Kier alpha value is -2.30. The molecule has 0 fully saturated rings. The van der Waals surface area contributed by atoms with E-state index in [1.54, 1.807) is 25.5 Å².